The molecule has 43 heavy (non-hydrogen) atoms. The lowest BCUT2D eigenvalue weighted by atomic mass is 9.88. The molecule has 3 N–H and O–H groups in total. The van der Waals surface area contributed by atoms with E-state index in [2.05, 4.69) is 10.6 Å². The lowest BCUT2D eigenvalue weighted by Gasteiger charge is -2.36. The maximum absolute atomic E-state index is 14.2. The Morgan fingerprint density at radius 2 is 1.77 bits per heavy atom. The number of carbonyl (C=O) groups excluding carboxylic acids is 3. The second-order valence-corrected chi connectivity index (χ2v) is 12.8. The number of likely N-dealkylation sites (N-methyl/N-ethyl adjacent to an activating group) is 1. The van der Waals surface area contributed by atoms with Gasteiger partial charge in [0.15, 0.2) is 0 Å². The van der Waals surface area contributed by atoms with Gasteiger partial charge in [0.25, 0.3) is 5.91 Å². The van der Waals surface area contributed by atoms with Gasteiger partial charge in [-0.3, -0.25) is 9.59 Å². The van der Waals surface area contributed by atoms with Crippen LogP contribution in [-0.4, -0.2) is 90.4 Å². The number of nitrogens with one attached hydrogen (secondary N) is 2. The molecular weight excluding hydrogens is 548 g/mol. The summed E-state index contributed by atoms with van der Waals surface area (Å²) in [4.78, 5) is 43.4. The molecule has 0 aromatic heterocycles. The molecule has 4 atom stereocenters. The SMILES string of the molecule is CC(C)NC(=O)Nc1ccc2c(c1)C(=O)N([C@@H](C)CO)C[C@H](C)[C@H](CN(C)C(=O)C1CCCCC1)OCCCC[C@H](C)O2. The van der Waals surface area contributed by atoms with Gasteiger partial charge in [-0.05, 0) is 78.0 Å². The van der Waals surface area contributed by atoms with E-state index in [1.54, 1.807) is 23.1 Å². The van der Waals surface area contributed by atoms with Gasteiger partial charge in [0, 0.05) is 50.3 Å². The zero-order valence-corrected chi connectivity index (χ0v) is 27.1. The normalized spacial score (nSPS) is 23.5. The Hall–Kier alpha value is -2.85. The molecule has 1 aliphatic heterocycles. The van der Waals surface area contributed by atoms with Crippen LogP contribution in [0.1, 0.15) is 96.3 Å². The Morgan fingerprint density at radius 1 is 1.07 bits per heavy atom. The van der Waals surface area contributed by atoms with Crippen molar-refractivity contribution in [3.63, 3.8) is 0 Å². The molecule has 0 unspecified atom stereocenters. The van der Waals surface area contributed by atoms with Crippen LogP contribution in [0.3, 0.4) is 0 Å². The van der Waals surface area contributed by atoms with Crippen LogP contribution >= 0.6 is 0 Å². The summed E-state index contributed by atoms with van der Waals surface area (Å²) in [6.07, 6.45) is 7.38. The van der Waals surface area contributed by atoms with Crippen LogP contribution in [0.4, 0.5) is 10.5 Å². The maximum Gasteiger partial charge on any atom is 0.319 e. The Labute approximate surface area is 257 Å². The first-order valence-corrected chi connectivity index (χ1v) is 16.2. The topological polar surface area (TPSA) is 120 Å². The molecule has 3 rings (SSSR count). The predicted octanol–water partition coefficient (Wildman–Crippen LogP) is 5.05. The Bertz CT molecular complexity index is 1060. The van der Waals surface area contributed by atoms with Crippen LogP contribution in [-0.2, 0) is 9.53 Å². The van der Waals surface area contributed by atoms with E-state index >= 15 is 0 Å². The molecule has 1 heterocycles. The van der Waals surface area contributed by atoms with Gasteiger partial charge in [-0.1, -0.05) is 26.2 Å². The number of aliphatic hydroxyl groups excluding tert-OH is 1. The fourth-order valence-electron chi connectivity index (χ4n) is 5.91. The van der Waals surface area contributed by atoms with Crippen LogP contribution in [0, 0.1) is 11.8 Å². The molecule has 0 saturated heterocycles. The molecular formula is C33H54N4O6. The molecule has 242 valence electrons. The fourth-order valence-corrected chi connectivity index (χ4v) is 5.91. The van der Waals surface area contributed by atoms with Crippen molar-refractivity contribution in [1.29, 1.82) is 0 Å². The molecule has 0 radical (unpaired) electrons. The minimum absolute atomic E-state index is 0.0438. The van der Waals surface area contributed by atoms with Gasteiger partial charge in [-0.2, -0.15) is 0 Å². The average Bonchev–Trinajstić information content (AvgIpc) is 2.98. The molecule has 1 aromatic carbocycles. The highest BCUT2D eigenvalue weighted by Gasteiger charge is 2.32. The number of amides is 4. The van der Waals surface area contributed by atoms with Crippen molar-refractivity contribution < 1.29 is 29.0 Å². The van der Waals surface area contributed by atoms with Crippen molar-refractivity contribution in [2.75, 3.05) is 38.7 Å². The number of fused-ring (bicyclic) bond motifs is 1. The van der Waals surface area contributed by atoms with Crippen LogP contribution in [0.2, 0.25) is 0 Å². The highest BCUT2D eigenvalue weighted by molar-refractivity contribution is 5.99. The first-order valence-electron chi connectivity index (χ1n) is 16.2. The van der Waals surface area contributed by atoms with Gasteiger partial charge >= 0.3 is 6.03 Å². The first kappa shape index (κ1) is 34.6. The zero-order valence-electron chi connectivity index (χ0n) is 27.1. The quantitative estimate of drug-likeness (QED) is 0.402. The molecule has 10 heteroatoms. The van der Waals surface area contributed by atoms with Crippen molar-refractivity contribution in [1.82, 2.24) is 15.1 Å². The van der Waals surface area contributed by atoms with Gasteiger partial charge in [-0.15, -0.1) is 0 Å². The summed E-state index contributed by atoms with van der Waals surface area (Å²) in [6, 6.07) is 4.21. The number of nitrogens with zero attached hydrogens (tertiary/aromatic N) is 2. The van der Waals surface area contributed by atoms with Crippen molar-refractivity contribution >= 4 is 23.5 Å². The number of carbonyl (C=O) groups is 3. The number of ether oxygens (including phenoxy) is 2. The summed E-state index contributed by atoms with van der Waals surface area (Å²) in [5, 5.41) is 15.8. The second kappa shape index (κ2) is 16.9. The monoisotopic (exact) mass is 602 g/mol. The third kappa shape index (κ3) is 10.4. The van der Waals surface area contributed by atoms with Crippen molar-refractivity contribution in [2.24, 2.45) is 11.8 Å². The fraction of sp³-hybridized carbons (Fsp3) is 0.727. The summed E-state index contributed by atoms with van der Waals surface area (Å²) >= 11 is 0. The van der Waals surface area contributed by atoms with Crippen molar-refractivity contribution in [3.8, 4) is 5.75 Å². The first-order chi connectivity index (χ1) is 20.5. The minimum Gasteiger partial charge on any atom is -0.490 e. The van der Waals surface area contributed by atoms with Gasteiger partial charge < -0.3 is 35.0 Å². The van der Waals surface area contributed by atoms with Crippen LogP contribution < -0.4 is 15.4 Å². The lowest BCUT2D eigenvalue weighted by Crippen LogP contribution is -2.48. The number of rotatable bonds is 7. The third-order valence-electron chi connectivity index (χ3n) is 8.51. The number of hydrogen-bond acceptors (Lipinski definition) is 6. The van der Waals surface area contributed by atoms with Gasteiger partial charge in [0.05, 0.1) is 30.4 Å². The Morgan fingerprint density at radius 3 is 2.44 bits per heavy atom. The van der Waals surface area contributed by atoms with E-state index in [-0.39, 0.29) is 54.5 Å². The van der Waals surface area contributed by atoms with E-state index in [1.165, 1.54) is 6.42 Å². The summed E-state index contributed by atoms with van der Waals surface area (Å²) in [6.45, 7) is 10.7. The highest BCUT2D eigenvalue weighted by Crippen LogP contribution is 2.29. The van der Waals surface area contributed by atoms with E-state index in [4.69, 9.17) is 9.47 Å². The van der Waals surface area contributed by atoms with E-state index in [0.717, 1.165) is 44.9 Å². The zero-order chi connectivity index (χ0) is 31.5. The molecule has 1 aliphatic carbocycles. The van der Waals surface area contributed by atoms with Gasteiger partial charge in [-0.25, -0.2) is 4.79 Å². The molecule has 10 nitrogen and oxygen atoms in total. The number of urea groups is 1. The number of hydrogen-bond donors (Lipinski definition) is 3. The van der Waals surface area contributed by atoms with Crippen molar-refractivity contribution in [2.45, 2.75) is 110 Å². The summed E-state index contributed by atoms with van der Waals surface area (Å²) in [5.74, 6) is 0.268. The Kier molecular flexibility index (Phi) is 13.6. The largest absolute Gasteiger partial charge is 0.490 e. The molecule has 2 aliphatic rings. The van der Waals surface area contributed by atoms with Gasteiger partial charge in [0.2, 0.25) is 5.91 Å². The molecule has 1 fully saturated rings. The van der Waals surface area contributed by atoms with E-state index in [9.17, 15) is 19.5 Å². The van der Waals surface area contributed by atoms with Gasteiger partial charge in [0.1, 0.15) is 5.75 Å². The number of anilines is 1. The Balaban J connectivity index is 1.90. The summed E-state index contributed by atoms with van der Waals surface area (Å²) in [5.41, 5.74) is 0.789. The number of aliphatic hydroxyl groups is 1. The number of benzene rings is 1. The minimum atomic E-state index is -0.476. The molecule has 4 amide bonds. The van der Waals surface area contributed by atoms with Crippen LogP contribution in [0.25, 0.3) is 0 Å². The third-order valence-corrected chi connectivity index (χ3v) is 8.51. The molecule has 1 aromatic rings. The van der Waals surface area contributed by atoms with E-state index in [1.807, 2.05) is 46.6 Å². The average molecular weight is 603 g/mol. The summed E-state index contributed by atoms with van der Waals surface area (Å²) < 4.78 is 12.7. The van der Waals surface area contributed by atoms with E-state index < -0.39 is 6.04 Å². The molecule has 1 saturated carbocycles. The van der Waals surface area contributed by atoms with Crippen LogP contribution in [0.5, 0.6) is 5.75 Å². The second-order valence-electron chi connectivity index (χ2n) is 12.8. The summed E-state index contributed by atoms with van der Waals surface area (Å²) in [7, 11) is 1.86. The van der Waals surface area contributed by atoms with E-state index in [0.29, 0.717) is 36.7 Å². The maximum atomic E-state index is 14.2. The van der Waals surface area contributed by atoms with Crippen LogP contribution in [0.15, 0.2) is 18.2 Å². The molecule has 0 bridgehead atoms. The standard InChI is InChI=1S/C33H54N4O6/c1-22(2)34-33(41)35-27-15-16-29-28(18-27)32(40)37(24(4)21-38)19-23(3)30(42-17-11-10-12-25(5)43-29)20-36(6)31(39)26-13-8-7-9-14-26/h15-16,18,22-26,30,38H,7-14,17,19-21H2,1-6H3,(H2,34,35,41)/t23-,24-,25-,30-/m0/s1. The van der Waals surface area contributed by atoms with Crippen molar-refractivity contribution in [3.05, 3.63) is 23.8 Å². The smallest absolute Gasteiger partial charge is 0.319 e. The predicted molar refractivity (Wildman–Crippen MR) is 168 cm³/mol. The molecule has 0 spiro atoms. The lowest BCUT2D eigenvalue weighted by molar-refractivity contribution is -0.137. The highest BCUT2D eigenvalue weighted by atomic mass is 16.5.